The molecule has 2 aromatic heterocycles. The molecule has 0 saturated carbocycles. The fourth-order valence-electron chi connectivity index (χ4n) is 4.70. The Morgan fingerprint density at radius 3 is 2.60 bits per heavy atom. The second-order valence-corrected chi connectivity index (χ2v) is 8.78. The number of hydrogen-bond donors (Lipinski definition) is 2. The Morgan fingerprint density at radius 2 is 1.83 bits per heavy atom. The zero-order chi connectivity index (χ0) is 24.4. The van der Waals surface area contributed by atoms with Gasteiger partial charge in [0.1, 0.15) is 11.9 Å². The van der Waals surface area contributed by atoms with Gasteiger partial charge in [-0.3, -0.25) is 14.6 Å². The number of ether oxygens (including phenoxy) is 1. The number of pyridine rings is 2. The van der Waals surface area contributed by atoms with E-state index in [1.165, 1.54) is 0 Å². The van der Waals surface area contributed by atoms with Gasteiger partial charge in [0.15, 0.2) is 0 Å². The third-order valence-corrected chi connectivity index (χ3v) is 6.53. The third kappa shape index (κ3) is 4.67. The van der Waals surface area contributed by atoms with Crippen molar-refractivity contribution >= 4 is 40.4 Å². The van der Waals surface area contributed by atoms with Gasteiger partial charge in [-0.2, -0.15) is 0 Å². The molecule has 9 nitrogen and oxygen atoms in total. The summed E-state index contributed by atoms with van der Waals surface area (Å²) in [4.78, 5) is 38.0. The molecule has 2 aliphatic rings. The zero-order valence-electron chi connectivity index (χ0n) is 19.8. The van der Waals surface area contributed by atoms with Crippen LogP contribution in [0.25, 0.3) is 0 Å². The van der Waals surface area contributed by atoms with Gasteiger partial charge < -0.3 is 25.2 Å². The Labute approximate surface area is 204 Å². The molecule has 1 unspecified atom stereocenters. The number of carbonyl (C=O) groups excluding carboxylic acids is 2. The number of likely N-dealkylation sites (N-methyl/N-ethyl adjacent to an activating group) is 1. The van der Waals surface area contributed by atoms with Gasteiger partial charge in [0.2, 0.25) is 5.91 Å². The number of nitrogens with one attached hydrogen (secondary N) is 2. The molecule has 1 saturated heterocycles. The van der Waals surface area contributed by atoms with Gasteiger partial charge in [-0.1, -0.05) is 6.07 Å². The molecule has 0 spiro atoms. The molecule has 35 heavy (non-hydrogen) atoms. The van der Waals surface area contributed by atoms with Crippen LogP contribution in [0.15, 0.2) is 61.1 Å². The van der Waals surface area contributed by atoms with Crippen LogP contribution in [0.1, 0.15) is 30.1 Å². The van der Waals surface area contributed by atoms with Crippen LogP contribution < -0.4 is 20.4 Å². The number of benzene rings is 1. The van der Waals surface area contributed by atoms with E-state index in [2.05, 4.69) is 25.5 Å². The molecule has 4 heterocycles. The van der Waals surface area contributed by atoms with E-state index >= 15 is 0 Å². The van der Waals surface area contributed by atoms with Crippen molar-refractivity contribution in [3.63, 3.8) is 0 Å². The lowest BCUT2D eigenvalue weighted by atomic mass is 10.00. The maximum atomic E-state index is 12.9. The molecular weight excluding hydrogens is 444 g/mol. The Hall–Kier alpha value is -3.98. The fraction of sp³-hybridized carbons (Fsp3) is 0.308. The van der Waals surface area contributed by atoms with Crippen molar-refractivity contribution in [1.29, 1.82) is 0 Å². The first-order valence-corrected chi connectivity index (χ1v) is 11.7. The molecule has 2 amide bonds. The van der Waals surface area contributed by atoms with E-state index in [0.717, 1.165) is 29.9 Å². The average molecular weight is 473 g/mol. The van der Waals surface area contributed by atoms with Gasteiger partial charge in [0.25, 0.3) is 5.91 Å². The lowest BCUT2D eigenvalue weighted by Crippen LogP contribution is -2.55. The van der Waals surface area contributed by atoms with Crippen LogP contribution in [0.2, 0.25) is 0 Å². The van der Waals surface area contributed by atoms with Crippen molar-refractivity contribution in [2.45, 2.75) is 31.8 Å². The van der Waals surface area contributed by atoms with E-state index in [0.29, 0.717) is 30.3 Å². The van der Waals surface area contributed by atoms with Crippen molar-refractivity contribution in [2.24, 2.45) is 0 Å². The zero-order valence-corrected chi connectivity index (χ0v) is 19.8. The molecule has 0 aliphatic carbocycles. The van der Waals surface area contributed by atoms with Crippen LogP contribution in [0.3, 0.4) is 0 Å². The summed E-state index contributed by atoms with van der Waals surface area (Å²) in [6.07, 6.45) is 6.74. The molecule has 0 bridgehead atoms. The monoisotopic (exact) mass is 472 g/mol. The normalized spacial score (nSPS) is 18.2. The molecule has 1 atom stereocenters. The topological polar surface area (TPSA) is 99.7 Å². The van der Waals surface area contributed by atoms with Crippen molar-refractivity contribution in [3.8, 4) is 0 Å². The van der Waals surface area contributed by atoms with Gasteiger partial charge in [0, 0.05) is 61.7 Å². The van der Waals surface area contributed by atoms with Crippen LogP contribution >= 0.6 is 0 Å². The van der Waals surface area contributed by atoms with Crippen molar-refractivity contribution in [2.75, 3.05) is 40.7 Å². The standard InChI is InChI=1S/C26H28N6O3/c1-17-26(34)31(2)23-16-28-24(15-22(23)32(17)21-8-12-35-13-9-21)29-20-5-3-4-18(14-20)25(33)30-19-6-10-27-11-7-19/h3-7,10-11,14-17,21H,8-9,12-13H2,1-2H3,(H,28,29)(H,27,30,33). The summed E-state index contributed by atoms with van der Waals surface area (Å²) in [6.45, 7) is 3.34. The first-order valence-electron chi connectivity index (χ1n) is 11.7. The summed E-state index contributed by atoms with van der Waals surface area (Å²) in [7, 11) is 1.79. The predicted molar refractivity (Wildman–Crippen MR) is 135 cm³/mol. The predicted octanol–water partition coefficient (Wildman–Crippen LogP) is 3.82. The van der Waals surface area contributed by atoms with E-state index in [9.17, 15) is 9.59 Å². The number of anilines is 5. The molecule has 0 radical (unpaired) electrons. The van der Waals surface area contributed by atoms with E-state index in [1.807, 2.05) is 25.1 Å². The maximum Gasteiger partial charge on any atom is 0.255 e. The molecule has 9 heteroatoms. The van der Waals surface area contributed by atoms with Gasteiger partial charge in [-0.25, -0.2) is 4.98 Å². The van der Waals surface area contributed by atoms with E-state index in [4.69, 9.17) is 4.74 Å². The Balaban J connectivity index is 1.40. The molecule has 2 N–H and O–H groups in total. The minimum atomic E-state index is -0.272. The average Bonchev–Trinajstić information content (AvgIpc) is 2.89. The Bertz CT molecular complexity index is 1230. The SMILES string of the molecule is CC1C(=O)N(C)c2cnc(Nc3cccc(C(=O)Nc4ccncc4)c3)cc2N1C1CCOCC1. The highest BCUT2D eigenvalue weighted by molar-refractivity contribution is 6.06. The summed E-state index contributed by atoms with van der Waals surface area (Å²) >= 11 is 0. The van der Waals surface area contributed by atoms with E-state index in [1.54, 1.807) is 54.8 Å². The number of amides is 2. The summed E-state index contributed by atoms with van der Waals surface area (Å²) in [5.41, 5.74) is 3.70. The Morgan fingerprint density at radius 1 is 1.06 bits per heavy atom. The quantitative estimate of drug-likeness (QED) is 0.582. The second kappa shape index (κ2) is 9.71. The molecule has 5 rings (SSSR count). The summed E-state index contributed by atoms with van der Waals surface area (Å²) in [5, 5.41) is 6.19. The molecule has 180 valence electrons. The first kappa shape index (κ1) is 22.8. The minimum absolute atomic E-state index is 0.0550. The fourth-order valence-corrected chi connectivity index (χ4v) is 4.70. The highest BCUT2D eigenvalue weighted by atomic mass is 16.5. The number of carbonyl (C=O) groups is 2. The highest BCUT2D eigenvalue weighted by Crippen LogP contribution is 2.39. The number of aromatic nitrogens is 2. The minimum Gasteiger partial charge on any atom is -0.381 e. The Kier molecular flexibility index (Phi) is 6.33. The van der Waals surface area contributed by atoms with Crippen molar-refractivity contribution < 1.29 is 14.3 Å². The number of fused-ring (bicyclic) bond motifs is 1. The third-order valence-electron chi connectivity index (χ3n) is 6.53. The second-order valence-electron chi connectivity index (χ2n) is 8.78. The molecule has 2 aliphatic heterocycles. The van der Waals surface area contributed by atoms with Gasteiger partial charge in [0.05, 0.1) is 17.6 Å². The summed E-state index contributed by atoms with van der Waals surface area (Å²) in [6, 6.07) is 12.7. The van der Waals surface area contributed by atoms with Crippen LogP contribution in [0.4, 0.5) is 28.6 Å². The molecule has 1 fully saturated rings. The van der Waals surface area contributed by atoms with E-state index in [-0.39, 0.29) is 23.9 Å². The molecule has 1 aromatic carbocycles. The van der Waals surface area contributed by atoms with Crippen molar-refractivity contribution in [1.82, 2.24) is 9.97 Å². The van der Waals surface area contributed by atoms with Crippen LogP contribution in [-0.2, 0) is 9.53 Å². The maximum absolute atomic E-state index is 12.9. The lowest BCUT2D eigenvalue weighted by molar-refractivity contribution is -0.119. The first-order chi connectivity index (χ1) is 17.0. The highest BCUT2D eigenvalue weighted by Gasteiger charge is 2.38. The smallest absolute Gasteiger partial charge is 0.255 e. The molecule has 3 aromatic rings. The molecular formula is C26H28N6O3. The summed E-state index contributed by atoms with van der Waals surface area (Å²) in [5.74, 6) is 0.486. The number of rotatable bonds is 5. The van der Waals surface area contributed by atoms with Crippen LogP contribution in [0, 0.1) is 0 Å². The lowest BCUT2D eigenvalue weighted by Gasteiger charge is -2.45. The van der Waals surface area contributed by atoms with Crippen molar-refractivity contribution in [3.05, 3.63) is 66.6 Å². The number of hydrogen-bond acceptors (Lipinski definition) is 7. The largest absolute Gasteiger partial charge is 0.381 e. The van der Waals surface area contributed by atoms with Gasteiger partial charge in [-0.05, 0) is 50.1 Å². The van der Waals surface area contributed by atoms with Gasteiger partial charge in [-0.15, -0.1) is 0 Å². The van der Waals surface area contributed by atoms with Crippen LogP contribution in [-0.4, -0.2) is 54.1 Å². The van der Waals surface area contributed by atoms with E-state index < -0.39 is 0 Å². The summed E-state index contributed by atoms with van der Waals surface area (Å²) < 4.78 is 5.55. The van der Waals surface area contributed by atoms with Gasteiger partial charge >= 0.3 is 0 Å². The number of nitrogens with zero attached hydrogens (tertiary/aromatic N) is 4. The van der Waals surface area contributed by atoms with Crippen LogP contribution in [0.5, 0.6) is 0 Å².